The topological polar surface area (TPSA) is 0 Å². The van der Waals surface area contributed by atoms with E-state index in [9.17, 15) is 0 Å². The minimum atomic E-state index is -1.95. The monoisotopic (exact) mass is 488 g/mol. The number of hydrogen-bond donors (Lipinski definition) is 0. The summed E-state index contributed by atoms with van der Waals surface area (Å²) >= 11 is -1.95. The molecule has 0 fully saturated rings. The zero-order valence-corrected chi connectivity index (χ0v) is 22.8. The predicted molar refractivity (Wildman–Crippen MR) is 130 cm³/mol. The number of fused-ring (bicyclic) bond motifs is 1. The third-order valence-electron chi connectivity index (χ3n) is 7.48. The molecule has 4 rings (SSSR count). The van der Waals surface area contributed by atoms with Crippen LogP contribution in [-0.4, -0.2) is 5.43 Å². The van der Waals surface area contributed by atoms with E-state index in [1.807, 2.05) is 3.28 Å². The van der Waals surface area contributed by atoms with E-state index in [0.717, 1.165) is 0 Å². The van der Waals surface area contributed by atoms with E-state index in [2.05, 4.69) is 102 Å². The SMILES string of the molecule is CC[Si](CC)=[Zr]([C]1=C(C)C(C)=C(C)C1C)[CH]1C=C(c2ccccc2)c2ccccc21. The zero-order chi connectivity index (χ0) is 21.4. The fourth-order valence-electron chi connectivity index (χ4n) is 5.48. The summed E-state index contributed by atoms with van der Waals surface area (Å²) in [6, 6.07) is 23.2. The molecule has 2 heteroatoms. The Morgan fingerprint density at radius 3 is 2.07 bits per heavy atom. The number of hydrogen-bond acceptors (Lipinski definition) is 0. The van der Waals surface area contributed by atoms with Gasteiger partial charge in [-0.05, 0) is 0 Å². The van der Waals surface area contributed by atoms with Gasteiger partial charge in [0.25, 0.3) is 0 Å². The first kappa shape index (κ1) is 22.0. The van der Waals surface area contributed by atoms with Gasteiger partial charge in [0.05, 0.1) is 0 Å². The molecule has 0 saturated heterocycles. The third-order valence-corrected chi connectivity index (χ3v) is 30.3. The summed E-state index contributed by atoms with van der Waals surface area (Å²) in [6.45, 7) is 14.6. The van der Waals surface area contributed by atoms with E-state index in [-0.39, 0.29) is 5.43 Å². The first-order chi connectivity index (χ1) is 14.5. The Morgan fingerprint density at radius 1 is 0.833 bits per heavy atom. The van der Waals surface area contributed by atoms with Crippen molar-refractivity contribution in [1.82, 2.24) is 0 Å². The minimum absolute atomic E-state index is 0.318. The molecule has 0 aromatic heterocycles. The van der Waals surface area contributed by atoms with Gasteiger partial charge in [-0.25, -0.2) is 0 Å². The normalized spacial score (nSPS) is 20.5. The Morgan fingerprint density at radius 2 is 1.47 bits per heavy atom. The standard InChI is InChI=1S/C15H11.C9H13.C4H10Si.Zr/c1-2-6-12(7-3-1)15-11-10-13-8-4-5-9-14(13)15;1-6-5-7(2)9(4)8(6)3;1-3-5-4-2;/h1-11H;6H,1-4H3;3-4H2,1-2H3;. The van der Waals surface area contributed by atoms with Crippen LogP contribution in [0.4, 0.5) is 0 Å². The molecule has 2 aromatic rings. The van der Waals surface area contributed by atoms with Crippen LogP contribution in [0.5, 0.6) is 0 Å². The fourth-order valence-corrected chi connectivity index (χ4v) is 29.2. The molecule has 0 spiro atoms. The summed E-state index contributed by atoms with van der Waals surface area (Å²) in [5, 5.41) is 0. The van der Waals surface area contributed by atoms with Gasteiger partial charge in [-0.2, -0.15) is 0 Å². The van der Waals surface area contributed by atoms with Crippen molar-refractivity contribution >= 4 is 11.0 Å². The van der Waals surface area contributed by atoms with Gasteiger partial charge in [-0.15, -0.1) is 0 Å². The van der Waals surface area contributed by atoms with E-state index in [1.165, 1.54) is 28.8 Å². The average Bonchev–Trinajstić information content (AvgIpc) is 3.25. The molecule has 0 amide bonds. The summed E-state index contributed by atoms with van der Waals surface area (Å²) in [4.78, 5) is 0. The van der Waals surface area contributed by atoms with Gasteiger partial charge in [0.15, 0.2) is 0 Å². The van der Waals surface area contributed by atoms with Crippen molar-refractivity contribution in [2.24, 2.45) is 5.92 Å². The maximum atomic E-state index is 2.71. The Labute approximate surface area is 191 Å². The van der Waals surface area contributed by atoms with Gasteiger partial charge < -0.3 is 0 Å². The van der Waals surface area contributed by atoms with Crippen LogP contribution >= 0.6 is 0 Å². The molecule has 0 aliphatic heterocycles. The molecule has 0 N–H and O–H groups in total. The van der Waals surface area contributed by atoms with Crippen LogP contribution in [0.25, 0.3) is 5.57 Å². The first-order valence-electron chi connectivity index (χ1n) is 11.5. The fraction of sp³-hybridized carbons (Fsp3) is 0.357. The molecule has 0 bridgehead atoms. The van der Waals surface area contributed by atoms with Crippen molar-refractivity contribution in [2.45, 2.75) is 57.3 Å². The summed E-state index contributed by atoms with van der Waals surface area (Å²) < 4.78 is 2.63. The predicted octanol–water partition coefficient (Wildman–Crippen LogP) is 8.08. The van der Waals surface area contributed by atoms with Crippen LogP contribution in [0.3, 0.4) is 0 Å². The maximum absolute atomic E-state index is 2.71. The van der Waals surface area contributed by atoms with Crippen molar-refractivity contribution in [3.05, 3.63) is 97.4 Å². The molecule has 2 aliphatic rings. The Bertz CT molecular complexity index is 1090. The average molecular weight is 490 g/mol. The van der Waals surface area contributed by atoms with Crippen molar-refractivity contribution in [1.29, 1.82) is 0 Å². The number of rotatable bonds is 5. The molecule has 0 nitrogen and oxygen atoms in total. The van der Waals surface area contributed by atoms with Crippen molar-refractivity contribution in [3.8, 4) is 0 Å². The molecule has 30 heavy (non-hydrogen) atoms. The molecule has 2 atom stereocenters. The number of benzene rings is 2. The molecule has 2 aromatic carbocycles. The third kappa shape index (κ3) is 3.65. The molecule has 2 aliphatic carbocycles. The molecular formula is C28H34SiZr. The van der Waals surface area contributed by atoms with E-state index >= 15 is 0 Å². The van der Waals surface area contributed by atoms with Gasteiger partial charge in [0, 0.05) is 0 Å². The van der Waals surface area contributed by atoms with Crippen LogP contribution in [0, 0.1) is 5.92 Å². The van der Waals surface area contributed by atoms with Crippen molar-refractivity contribution < 1.29 is 20.4 Å². The molecular weight excluding hydrogens is 456 g/mol. The zero-order valence-electron chi connectivity index (χ0n) is 19.3. The van der Waals surface area contributed by atoms with Crippen molar-refractivity contribution in [3.63, 3.8) is 0 Å². The summed E-state index contributed by atoms with van der Waals surface area (Å²) in [5.74, 6) is 0.666. The Balaban J connectivity index is 1.96. The first-order valence-corrected chi connectivity index (χ1v) is 19.7. The summed E-state index contributed by atoms with van der Waals surface area (Å²) in [7, 11) is 0. The quantitative estimate of drug-likeness (QED) is 0.372. The molecule has 0 heterocycles. The van der Waals surface area contributed by atoms with Crippen LogP contribution in [0.2, 0.25) is 12.1 Å². The van der Waals surface area contributed by atoms with Gasteiger partial charge in [0.1, 0.15) is 0 Å². The van der Waals surface area contributed by atoms with E-state index in [4.69, 9.17) is 0 Å². The molecule has 154 valence electrons. The van der Waals surface area contributed by atoms with Gasteiger partial charge in [0.2, 0.25) is 0 Å². The Kier molecular flexibility index (Phi) is 6.66. The van der Waals surface area contributed by atoms with Crippen molar-refractivity contribution in [2.75, 3.05) is 0 Å². The second kappa shape index (κ2) is 9.09. The van der Waals surface area contributed by atoms with Crippen LogP contribution < -0.4 is 0 Å². The number of allylic oxidation sites excluding steroid dienone is 5. The molecule has 2 unspecified atom stereocenters. The van der Waals surface area contributed by atoms with E-state index in [0.29, 0.717) is 9.54 Å². The van der Waals surface area contributed by atoms with Crippen LogP contribution in [0.1, 0.15) is 61.9 Å². The second-order valence-corrected chi connectivity index (χ2v) is 24.7. The van der Waals surface area contributed by atoms with Crippen LogP contribution in [-0.2, 0) is 20.4 Å². The van der Waals surface area contributed by atoms with E-state index in [1.54, 1.807) is 22.3 Å². The molecule has 0 saturated carbocycles. The summed E-state index contributed by atoms with van der Waals surface area (Å²) in [5.41, 5.74) is 10.5. The van der Waals surface area contributed by atoms with Crippen LogP contribution in [0.15, 0.2) is 80.7 Å². The second-order valence-electron chi connectivity index (χ2n) is 8.80. The van der Waals surface area contributed by atoms with Gasteiger partial charge in [-0.1, -0.05) is 0 Å². The molecule has 0 radical (unpaired) electrons. The Hall–Kier alpha value is -1.24. The summed E-state index contributed by atoms with van der Waals surface area (Å²) in [6.07, 6.45) is 2.71. The van der Waals surface area contributed by atoms with E-state index < -0.39 is 20.4 Å². The van der Waals surface area contributed by atoms with Gasteiger partial charge in [-0.3, -0.25) is 0 Å². The van der Waals surface area contributed by atoms with Gasteiger partial charge >= 0.3 is 192 Å².